The standard InChI is InChI=1S/C13H34OSi4/c1-12(2)14-15-13(16(3,4)5,17(6,7)8)18(9,10)11/h12H,1-11H3. The average molecular weight is 319 g/mol. The van der Waals surface area contributed by atoms with Gasteiger partial charge in [0.2, 0.25) is 9.76 Å². The molecule has 0 aromatic rings. The molecule has 0 amide bonds. The molecule has 0 aromatic carbocycles. The molecule has 0 aliphatic carbocycles. The first kappa shape index (κ1) is 18.8. The van der Waals surface area contributed by atoms with E-state index in [4.69, 9.17) is 4.43 Å². The van der Waals surface area contributed by atoms with Gasteiger partial charge in [-0.05, 0) is 17.8 Å². The fourth-order valence-electron chi connectivity index (χ4n) is 4.04. The maximum Gasteiger partial charge on any atom is 0.227 e. The van der Waals surface area contributed by atoms with Crippen molar-refractivity contribution in [2.45, 2.75) is 82.8 Å². The van der Waals surface area contributed by atoms with Crippen LogP contribution in [0.1, 0.15) is 13.8 Å². The maximum absolute atomic E-state index is 6.22. The highest BCUT2D eigenvalue weighted by molar-refractivity contribution is 7.22. The Morgan fingerprint density at radius 1 is 0.722 bits per heavy atom. The van der Waals surface area contributed by atoms with Crippen molar-refractivity contribution in [2.75, 3.05) is 0 Å². The van der Waals surface area contributed by atoms with Gasteiger partial charge in [-0.15, -0.1) is 0 Å². The third-order valence-corrected chi connectivity index (χ3v) is 32.6. The van der Waals surface area contributed by atoms with E-state index in [1.807, 2.05) is 0 Å². The summed E-state index contributed by atoms with van der Waals surface area (Å²) in [7, 11) is -3.08. The molecule has 0 saturated carbocycles. The van der Waals surface area contributed by atoms with Crippen LogP contribution in [0.4, 0.5) is 0 Å². The second-order valence-corrected chi connectivity index (χ2v) is 28.7. The van der Waals surface area contributed by atoms with Crippen LogP contribution in [0.25, 0.3) is 0 Å². The van der Waals surface area contributed by atoms with Gasteiger partial charge in [-0.25, -0.2) is 0 Å². The molecule has 0 unspecified atom stereocenters. The predicted molar refractivity (Wildman–Crippen MR) is 94.7 cm³/mol. The largest absolute Gasteiger partial charge is 0.415 e. The Morgan fingerprint density at radius 2 is 1.00 bits per heavy atom. The van der Waals surface area contributed by atoms with Crippen LogP contribution >= 0.6 is 0 Å². The van der Waals surface area contributed by atoms with Crippen molar-refractivity contribution in [3.63, 3.8) is 0 Å². The van der Waals surface area contributed by atoms with Crippen LogP contribution in [0.15, 0.2) is 0 Å². The van der Waals surface area contributed by atoms with Gasteiger partial charge in [0.05, 0.1) is 0 Å². The molecule has 0 aromatic heterocycles. The van der Waals surface area contributed by atoms with Gasteiger partial charge in [-0.3, -0.25) is 0 Å². The molecule has 5 heteroatoms. The summed E-state index contributed by atoms with van der Waals surface area (Å²) in [6, 6.07) is 0. The van der Waals surface area contributed by atoms with Crippen LogP contribution in [-0.2, 0) is 4.43 Å². The van der Waals surface area contributed by atoms with E-state index in [1.54, 1.807) is 0 Å². The minimum absolute atomic E-state index is 0.367. The zero-order valence-electron chi connectivity index (χ0n) is 14.5. The van der Waals surface area contributed by atoms with Crippen LogP contribution in [0.5, 0.6) is 0 Å². The minimum atomic E-state index is -1.26. The Balaban J connectivity index is 5.76. The van der Waals surface area contributed by atoms with E-state index in [0.717, 1.165) is 0 Å². The number of hydrogen-bond acceptors (Lipinski definition) is 1. The third kappa shape index (κ3) is 3.68. The first-order chi connectivity index (χ1) is 7.67. The predicted octanol–water partition coefficient (Wildman–Crippen LogP) is 4.82. The fraction of sp³-hybridized carbons (Fsp3) is 1.00. The van der Waals surface area contributed by atoms with Gasteiger partial charge in [0.1, 0.15) is 0 Å². The van der Waals surface area contributed by atoms with Crippen molar-refractivity contribution in [2.24, 2.45) is 0 Å². The van der Waals surface area contributed by atoms with Gasteiger partial charge in [-0.1, -0.05) is 58.9 Å². The molecule has 0 aliphatic rings. The molecule has 0 heterocycles. The lowest BCUT2D eigenvalue weighted by Crippen LogP contribution is -2.69. The highest BCUT2D eigenvalue weighted by Crippen LogP contribution is 2.52. The molecule has 0 atom stereocenters. The monoisotopic (exact) mass is 318 g/mol. The van der Waals surface area contributed by atoms with Crippen molar-refractivity contribution in [1.82, 2.24) is 0 Å². The lowest BCUT2D eigenvalue weighted by atomic mass is 10.5. The summed E-state index contributed by atoms with van der Waals surface area (Å²) < 4.78 is 6.79. The van der Waals surface area contributed by atoms with E-state index in [2.05, 4.69) is 72.8 Å². The molecular weight excluding hydrogens is 284 g/mol. The van der Waals surface area contributed by atoms with E-state index in [9.17, 15) is 0 Å². The van der Waals surface area contributed by atoms with Crippen LogP contribution in [0.3, 0.4) is 0 Å². The number of rotatable bonds is 6. The molecule has 0 rings (SSSR count). The summed E-state index contributed by atoms with van der Waals surface area (Å²) in [5, 5.41) is 0. The lowest BCUT2D eigenvalue weighted by molar-refractivity contribution is 0.254. The molecule has 1 nitrogen and oxygen atoms in total. The van der Waals surface area contributed by atoms with Gasteiger partial charge in [0.15, 0.2) is 0 Å². The van der Waals surface area contributed by atoms with E-state index >= 15 is 0 Å². The van der Waals surface area contributed by atoms with Crippen LogP contribution < -0.4 is 0 Å². The highest BCUT2D eigenvalue weighted by atomic mass is 28.5. The SMILES string of the molecule is CC(C)O[Si]C([Si](C)(C)C)([Si](C)(C)C)[Si](C)(C)C. The van der Waals surface area contributed by atoms with Crippen LogP contribution in [-0.4, -0.2) is 40.1 Å². The Hall–Kier alpha value is 0.828. The van der Waals surface area contributed by atoms with E-state index in [0.29, 0.717) is 19.8 Å². The van der Waals surface area contributed by atoms with Crippen molar-refractivity contribution in [3.05, 3.63) is 0 Å². The molecule has 18 heavy (non-hydrogen) atoms. The number of hydrogen-bond donors (Lipinski definition) is 0. The minimum Gasteiger partial charge on any atom is -0.415 e. The second-order valence-electron chi connectivity index (χ2n) is 8.77. The van der Waals surface area contributed by atoms with Gasteiger partial charge in [0, 0.05) is 30.3 Å². The zero-order valence-corrected chi connectivity index (χ0v) is 18.5. The Labute approximate surface area is 121 Å². The zero-order chi connectivity index (χ0) is 15.0. The third-order valence-electron chi connectivity index (χ3n) is 3.82. The van der Waals surface area contributed by atoms with Crippen molar-refractivity contribution in [1.29, 1.82) is 0 Å². The molecule has 0 aliphatic heterocycles. The van der Waals surface area contributed by atoms with Crippen molar-refractivity contribution < 1.29 is 4.43 Å². The van der Waals surface area contributed by atoms with Gasteiger partial charge in [-0.2, -0.15) is 0 Å². The van der Waals surface area contributed by atoms with E-state index in [-0.39, 0.29) is 0 Å². The quantitative estimate of drug-likeness (QED) is 0.638. The molecule has 0 spiro atoms. The maximum atomic E-state index is 6.22. The first-order valence-corrected chi connectivity index (χ1v) is 18.5. The summed E-state index contributed by atoms with van der Waals surface area (Å²) in [5.74, 6) is 0. The Bertz CT molecular complexity index is 232. The molecule has 2 radical (unpaired) electrons. The molecular formula is C13H34OSi4. The summed E-state index contributed by atoms with van der Waals surface area (Å²) in [5.41, 5.74) is 0. The van der Waals surface area contributed by atoms with Crippen molar-refractivity contribution >= 4 is 34.0 Å². The van der Waals surface area contributed by atoms with Crippen molar-refractivity contribution in [3.8, 4) is 0 Å². The normalized spacial score (nSPS) is 15.3. The van der Waals surface area contributed by atoms with Crippen LogP contribution in [0.2, 0.25) is 62.8 Å². The lowest BCUT2D eigenvalue weighted by Gasteiger charge is -2.58. The summed E-state index contributed by atoms with van der Waals surface area (Å²) in [6.07, 6.45) is 0.367. The molecule has 108 valence electrons. The Kier molecular flexibility index (Phi) is 5.93. The topological polar surface area (TPSA) is 9.23 Å². The second kappa shape index (κ2) is 5.67. The van der Waals surface area contributed by atoms with Gasteiger partial charge >= 0.3 is 0 Å². The van der Waals surface area contributed by atoms with E-state index < -0.39 is 24.2 Å². The van der Waals surface area contributed by atoms with Gasteiger partial charge in [0.25, 0.3) is 0 Å². The smallest absolute Gasteiger partial charge is 0.227 e. The fourth-order valence-corrected chi connectivity index (χ4v) is 35.7. The molecule has 0 saturated heterocycles. The summed E-state index contributed by atoms with van der Waals surface area (Å²) in [4.78, 5) is 0. The molecule has 0 N–H and O–H groups in total. The molecule has 0 bridgehead atoms. The molecule has 0 fully saturated rings. The van der Waals surface area contributed by atoms with E-state index in [1.165, 1.54) is 0 Å². The summed E-state index contributed by atoms with van der Waals surface area (Å²) in [6.45, 7) is 27.5. The van der Waals surface area contributed by atoms with Gasteiger partial charge < -0.3 is 4.43 Å². The summed E-state index contributed by atoms with van der Waals surface area (Å²) >= 11 is 0. The average Bonchev–Trinajstić information content (AvgIpc) is 1.94. The van der Waals surface area contributed by atoms with Crippen LogP contribution in [0, 0.1) is 0 Å². The highest BCUT2D eigenvalue weighted by Gasteiger charge is 2.60. The first-order valence-electron chi connectivity index (χ1n) is 7.09. The Morgan fingerprint density at radius 3 is 1.17 bits per heavy atom.